The maximum atomic E-state index is 11.0. The van der Waals surface area contributed by atoms with Crippen LogP contribution in [0.4, 0.5) is 0 Å². The largest absolute Gasteiger partial charge is 0.482 e. The van der Waals surface area contributed by atoms with Crippen LogP contribution in [0.2, 0.25) is 5.02 Å². The molecule has 28 heavy (non-hydrogen) atoms. The van der Waals surface area contributed by atoms with E-state index in [1.807, 2.05) is 23.1 Å². The molecule has 1 saturated heterocycles. The first-order chi connectivity index (χ1) is 13.5. The second kappa shape index (κ2) is 7.61. The topological polar surface area (TPSA) is 49.8 Å². The summed E-state index contributed by atoms with van der Waals surface area (Å²) in [6.07, 6.45) is 4.76. The van der Waals surface area contributed by atoms with Crippen LogP contribution in [-0.4, -0.2) is 41.2 Å². The zero-order chi connectivity index (χ0) is 19.7. The maximum Gasteiger partial charge on any atom is 0.317 e. The summed E-state index contributed by atoms with van der Waals surface area (Å²) in [6, 6.07) is 14.5. The molecule has 1 spiro atoms. The van der Waals surface area contributed by atoms with Gasteiger partial charge in [-0.1, -0.05) is 42.8 Å². The van der Waals surface area contributed by atoms with Crippen molar-refractivity contribution in [3.8, 4) is 5.75 Å². The summed E-state index contributed by atoms with van der Waals surface area (Å²) in [5.74, 6) is 0.0149. The molecule has 1 fully saturated rings. The highest BCUT2D eigenvalue weighted by Gasteiger charge is 2.39. The lowest BCUT2D eigenvalue weighted by Gasteiger charge is -2.42. The minimum atomic E-state index is -0.787. The summed E-state index contributed by atoms with van der Waals surface area (Å²) in [4.78, 5) is 13.0. The monoisotopic (exact) mass is 397 g/mol. The maximum absolute atomic E-state index is 11.0. The van der Waals surface area contributed by atoms with Gasteiger partial charge in [-0.15, -0.1) is 0 Å². The SMILES string of the molecule is CCc1ccc(C2=CC3(CCN(CC(=O)O)CC3)Oc3cc(Cl)ccc32)cc1. The van der Waals surface area contributed by atoms with Crippen LogP contribution in [-0.2, 0) is 11.2 Å². The van der Waals surface area contributed by atoms with Gasteiger partial charge in [-0.25, -0.2) is 0 Å². The van der Waals surface area contributed by atoms with Gasteiger partial charge >= 0.3 is 5.97 Å². The van der Waals surface area contributed by atoms with Crippen molar-refractivity contribution in [3.05, 3.63) is 70.3 Å². The minimum absolute atomic E-state index is 0.0769. The number of aliphatic carboxylic acids is 1. The molecular weight excluding hydrogens is 374 g/mol. The molecule has 4 rings (SSSR count). The van der Waals surface area contributed by atoms with Crippen molar-refractivity contribution >= 4 is 23.1 Å². The van der Waals surface area contributed by atoms with Crippen LogP contribution < -0.4 is 4.74 Å². The molecule has 0 atom stereocenters. The van der Waals surface area contributed by atoms with Gasteiger partial charge in [0, 0.05) is 36.5 Å². The highest BCUT2D eigenvalue weighted by atomic mass is 35.5. The van der Waals surface area contributed by atoms with Crippen molar-refractivity contribution in [3.63, 3.8) is 0 Å². The number of piperidine rings is 1. The second-order valence-corrected chi connectivity index (χ2v) is 8.02. The third-order valence-corrected chi connectivity index (χ3v) is 5.92. The standard InChI is InChI=1S/C23H24ClNO3/c1-2-16-3-5-17(6-4-16)20-14-23(9-11-25(12-10-23)15-22(26)27)28-21-13-18(24)7-8-19(20)21/h3-8,13-14H,2,9-12,15H2,1H3,(H,26,27). The van der Waals surface area contributed by atoms with Gasteiger partial charge in [0.2, 0.25) is 0 Å². The van der Waals surface area contributed by atoms with Crippen LogP contribution in [0.1, 0.15) is 36.5 Å². The van der Waals surface area contributed by atoms with E-state index in [1.165, 1.54) is 5.56 Å². The van der Waals surface area contributed by atoms with Gasteiger partial charge in [0.1, 0.15) is 11.4 Å². The third kappa shape index (κ3) is 3.80. The molecule has 2 aromatic carbocycles. The number of carbonyl (C=O) groups is 1. The molecule has 0 amide bonds. The molecule has 0 aromatic heterocycles. The Bertz CT molecular complexity index is 912. The Morgan fingerprint density at radius 1 is 1.18 bits per heavy atom. The van der Waals surface area contributed by atoms with Crippen molar-refractivity contribution in [1.82, 2.24) is 4.90 Å². The zero-order valence-corrected chi connectivity index (χ0v) is 16.7. The van der Waals surface area contributed by atoms with E-state index in [-0.39, 0.29) is 6.54 Å². The molecule has 2 aliphatic heterocycles. The third-order valence-electron chi connectivity index (χ3n) is 5.69. The summed E-state index contributed by atoms with van der Waals surface area (Å²) in [5, 5.41) is 9.71. The van der Waals surface area contributed by atoms with Gasteiger partial charge in [0.15, 0.2) is 0 Å². The Morgan fingerprint density at radius 2 is 1.89 bits per heavy atom. The van der Waals surface area contributed by atoms with E-state index in [0.29, 0.717) is 18.1 Å². The number of aryl methyl sites for hydroxylation is 1. The number of halogens is 1. The van der Waals surface area contributed by atoms with E-state index in [4.69, 9.17) is 21.4 Å². The molecule has 0 radical (unpaired) electrons. The van der Waals surface area contributed by atoms with E-state index in [2.05, 4.69) is 37.3 Å². The van der Waals surface area contributed by atoms with Crippen LogP contribution >= 0.6 is 11.6 Å². The number of ether oxygens (including phenoxy) is 1. The summed E-state index contributed by atoms with van der Waals surface area (Å²) >= 11 is 6.24. The Morgan fingerprint density at radius 3 is 2.54 bits per heavy atom. The van der Waals surface area contributed by atoms with Crippen molar-refractivity contribution in [2.45, 2.75) is 31.8 Å². The quantitative estimate of drug-likeness (QED) is 0.816. The van der Waals surface area contributed by atoms with Gasteiger partial charge in [-0.05, 0) is 47.4 Å². The number of carboxylic acid groups (broad SMARTS) is 1. The smallest absolute Gasteiger partial charge is 0.317 e. The molecule has 0 aliphatic carbocycles. The first-order valence-electron chi connectivity index (χ1n) is 9.73. The summed E-state index contributed by atoms with van der Waals surface area (Å²) in [6.45, 7) is 3.62. The van der Waals surface area contributed by atoms with Crippen molar-refractivity contribution in [1.29, 1.82) is 0 Å². The molecule has 2 heterocycles. The molecule has 1 N–H and O–H groups in total. The number of fused-ring (bicyclic) bond motifs is 1. The van der Waals surface area contributed by atoms with Crippen molar-refractivity contribution < 1.29 is 14.6 Å². The lowest BCUT2D eigenvalue weighted by atomic mass is 9.82. The average Bonchev–Trinajstić information content (AvgIpc) is 2.69. The molecule has 2 aliphatic rings. The van der Waals surface area contributed by atoms with Gasteiger partial charge in [-0.3, -0.25) is 9.69 Å². The number of carboxylic acids is 1. The molecule has 0 bridgehead atoms. The molecule has 0 saturated carbocycles. The number of nitrogens with zero attached hydrogens (tertiary/aromatic N) is 1. The van der Waals surface area contributed by atoms with Gasteiger partial charge in [0.25, 0.3) is 0 Å². The Labute approximate surface area is 170 Å². The van der Waals surface area contributed by atoms with Crippen LogP contribution in [0.5, 0.6) is 5.75 Å². The minimum Gasteiger partial charge on any atom is -0.482 e. The van der Waals surface area contributed by atoms with E-state index in [9.17, 15) is 4.79 Å². The van der Waals surface area contributed by atoms with Crippen molar-refractivity contribution in [2.75, 3.05) is 19.6 Å². The van der Waals surface area contributed by atoms with Gasteiger partial charge in [0.05, 0.1) is 6.54 Å². The van der Waals surface area contributed by atoms with Crippen LogP contribution in [0.15, 0.2) is 48.5 Å². The fourth-order valence-electron chi connectivity index (χ4n) is 4.08. The molecule has 0 unspecified atom stereocenters. The highest BCUT2D eigenvalue weighted by molar-refractivity contribution is 6.30. The molecule has 146 valence electrons. The van der Waals surface area contributed by atoms with E-state index < -0.39 is 11.6 Å². The average molecular weight is 398 g/mol. The Kier molecular flexibility index (Phi) is 5.17. The fourth-order valence-corrected chi connectivity index (χ4v) is 4.24. The Hall–Kier alpha value is -2.30. The first-order valence-corrected chi connectivity index (χ1v) is 10.1. The van der Waals surface area contributed by atoms with Crippen LogP contribution in [0.25, 0.3) is 5.57 Å². The highest BCUT2D eigenvalue weighted by Crippen LogP contribution is 2.44. The lowest BCUT2D eigenvalue weighted by molar-refractivity contribution is -0.139. The normalized spacial score (nSPS) is 18.3. The number of rotatable bonds is 4. The van der Waals surface area contributed by atoms with E-state index in [0.717, 1.165) is 41.7 Å². The van der Waals surface area contributed by atoms with Crippen LogP contribution in [0.3, 0.4) is 0 Å². The summed E-state index contributed by atoms with van der Waals surface area (Å²) in [7, 11) is 0. The number of hydrogen-bond acceptors (Lipinski definition) is 3. The first kappa shape index (κ1) is 19.0. The van der Waals surface area contributed by atoms with Gasteiger partial charge < -0.3 is 9.84 Å². The van der Waals surface area contributed by atoms with Crippen LogP contribution in [0, 0.1) is 0 Å². The van der Waals surface area contributed by atoms with Gasteiger partial charge in [-0.2, -0.15) is 0 Å². The van der Waals surface area contributed by atoms with Crippen molar-refractivity contribution in [2.24, 2.45) is 0 Å². The Balaban J connectivity index is 1.70. The predicted octanol–water partition coefficient (Wildman–Crippen LogP) is 4.65. The van der Waals surface area contributed by atoms with E-state index in [1.54, 1.807) is 0 Å². The summed E-state index contributed by atoms with van der Waals surface area (Å²) < 4.78 is 6.46. The summed E-state index contributed by atoms with van der Waals surface area (Å²) in [5.41, 5.74) is 4.26. The van der Waals surface area contributed by atoms with E-state index >= 15 is 0 Å². The second-order valence-electron chi connectivity index (χ2n) is 7.59. The molecule has 2 aromatic rings. The lowest BCUT2D eigenvalue weighted by Crippen LogP contribution is -2.49. The fraction of sp³-hybridized carbons (Fsp3) is 0.348. The molecule has 5 heteroatoms. The number of hydrogen-bond donors (Lipinski definition) is 1. The number of likely N-dealkylation sites (tertiary alicyclic amines) is 1. The molecular formula is C23H24ClNO3. The zero-order valence-electron chi connectivity index (χ0n) is 16.0. The number of benzene rings is 2. The molecule has 4 nitrogen and oxygen atoms in total. The predicted molar refractivity (Wildman–Crippen MR) is 111 cm³/mol.